The number of aliphatic hydroxyl groups is 1. The van der Waals surface area contributed by atoms with Gasteiger partial charge in [0.05, 0.1) is 25.0 Å². The number of hydrogen-bond acceptors (Lipinski definition) is 8. The maximum absolute atomic E-state index is 13.1. The van der Waals surface area contributed by atoms with E-state index in [0.717, 1.165) is 5.75 Å². The summed E-state index contributed by atoms with van der Waals surface area (Å²) in [6.45, 7) is 7.25. The van der Waals surface area contributed by atoms with Gasteiger partial charge in [-0.15, -0.1) is 0 Å². The molecule has 0 aromatic rings. The number of rotatable bonds is 2. The van der Waals surface area contributed by atoms with Crippen LogP contribution < -0.4 is 16.0 Å². The number of hydrogen-bond donors (Lipinski definition) is 4. The Bertz CT molecular complexity index is 746. The van der Waals surface area contributed by atoms with Gasteiger partial charge in [0, 0.05) is 11.5 Å². The fraction of sp³-hybridized carbons (Fsp3) is 0.727. The van der Waals surface area contributed by atoms with E-state index < -0.39 is 54.0 Å². The average molecular weight is 502 g/mol. The normalized spacial score (nSPS) is 32.0. The van der Waals surface area contributed by atoms with Crippen molar-refractivity contribution in [3.63, 3.8) is 0 Å². The predicted molar refractivity (Wildman–Crippen MR) is 129 cm³/mol. The molecule has 2 aliphatic rings. The first-order valence-corrected chi connectivity index (χ1v) is 13.8. The van der Waals surface area contributed by atoms with Crippen LogP contribution in [-0.4, -0.2) is 70.6 Å². The van der Waals surface area contributed by atoms with Crippen LogP contribution in [0.15, 0.2) is 12.2 Å². The molecule has 2 unspecified atom stereocenters. The third kappa shape index (κ3) is 8.86. The predicted octanol–water partition coefficient (Wildman–Crippen LogP) is 1.16. The van der Waals surface area contributed by atoms with Gasteiger partial charge in [-0.2, -0.15) is 0 Å². The summed E-state index contributed by atoms with van der Waals surface area (Å²) in [4.78, 5) is 51.4. The molecule has 5 atom stereocenters. The molecule has 0 radical (unpaired) electrons. The maximum Gasteiger partial charge on any atom is 0.309 e. The first-order chi connectivity index (χ1) is 15.6. The SMILES string of the molecule is CC(C)C1NC(=O)C2CSSCC/C=C/[C@H](CC(=O)N[C@H](C(C)C)C(=O)N2)OC(=O)C[C@@H]1O. The van der Waals surface area contributed by atoms with E-state index in [4.69, 9.17) is 4.74 Å². The fourth-order valence-corrected chi connectivity index (χ4v) is 5.73. The topological polar surface area (TPSA) is 134 Å². The molecule has 2 bridgehead atoms. The maximum atomic E-state index is 13.1. The smallest absolute Gasteiger partial charge is 0.309 e. The summed E-state index contributed by atoms with van der Waals surface area (Å²) in [5, 5.41) is 19.0. The number of carbonyl (C=O) groups is 4. The number of esters is 1. The van der Waals surface area contributed by atoms with Crippen LogP contribution in [-0.2, 0) is 23.9 Å². The number of fused-ring (bicyclic) bond motifs is 7. The highest BCUT2D eigenvalue weighted by atomic mass is 33.1. The lowest BCUT2D eigenvalue weighted by Gasteiger charge is -2.30. The number of carbonyl (C=O) groups excluding carboxylic acids is 4. The van der Waals surface area contributed by atoms with E-state index in [0.29, 0.717) is 12.2 Å². The van der Waals surface area contributed by atoms with Crippen LogP contribution in [0.2, 0.25) is 0 Å². The van der Waals surface area contributed by atoms with Crippen LogP contribution in [0.3, 0.4) is 0 Å². The molecule has 186 valence electrons. The van der Waals surface area contributed by atoms with Gasteiger partial charge in [-0.1, -0.05) is 55.4 Å². The zero-order chi connectivity index (χ0) is 24.5. The number of allylic oxidation sites excluding steroid dienone is 1. The van der Waals surface area contributed by atoms with Crippen molar-refractivity contribution in [3.8, 4) is 0 Å². The summed E-state index contributed by atoms with van der Waals surface area (Å²) in [6, 6.07) is -2.44. The molecule has 9 nitrogen and oxygen atoms in total. The zero-order valence-corrected chi connectivity index (χ0v) is 21.2. The molecule has 2 heterocycles. The molecule has 33 heavy (non-hydrogen) atoms. The van der Waals surface area contributed by atoms with Gasteiger partial charge in [0.15, 0.2) is 0 Å². The molecule has 1 saturated heterocycles. The third-order valence-electron chi connectivity index (χ3n) is 5.42. The Labute approximate surface area is 203 Å². The van der Waals surface area contributed by atoms with Gasteiger partial charge < -0.3 is 25.8 Å². The number of ether oxygens (including phenoxy) is 1. The molecule has 0 aromatic heterocycles. The second-order valence-electron chi connectivity index (χ2n) is 8.96. The minimum absolute atomic E-state index is 0.148. The van der Waals surface area contributed by atoms with E-state index in [1.807, 2.05) is 19.9 Å². The molecular formula is C22H35N3O6S2. The van der Waals surface area contributed by atoms with E-state index in [1.165, 1.54) is 10.8 Å². The zero-order valence-electron chi connectivity index (χ0n) is 19.5. The molecule has 0 saturated carbocycles. The number of nitrogens with one attached hydrogen (secondary N) is 3. The lowest BCUT2D eigenvalue weighted by atomic mass is 9.96. The Morgan fingerprint density at radius 2 is 1.70 bits per heavy atom. The Hall–Kier alpha value is -1.72. The summed E-state index contributed by atoms with van der Waals surface area (Å²) in [5.41, 5.74) is 0. The van der Waals surface area contributed by atoms with Crippen LogP contribution in [0.25, 0.3) is 0 Å². The van der Waals surface area contributed by atoms with Gasteiger partial charge in [-0.3, -0.25) is 19.2 Å². The van der Waals surface area contributed by atoms with E-state index in [9.17, 15) is 24.3 Å². The highest BCUT2D eigenvalue weighted by molar-refractivity contribution is 8.76. The van der Waals surface area contributed by atoms with Crippen LogP contribution in [0.4, 0.5) is 0 Å². The largest absolute Gasteiger partial charge is 0.457 e. The second kappa shape index (κ2) is 13.2. The summed E-state index contributed by atoms with van der Waals surface area (Å²) in [6.07, 6.45) is 1.73. The van der Waals surface area contributed by atoms with Gasteiger partial charge in [0.2, 0.25) is 17.7 Å². The first-order valence-electron chi connectivity index (χ1n) is 11.3. The van der Waals surface area contributed by atoms with E-state index in [-0.39, 0.29) is 24.7 Å². The molecule has 2 rings (SSSR count). The molecule has 2 aliphatic heterocycles. The molecule has 0 aromatic carbocycles. The van der Waals surface area contributed by atoms with Crippen molar-refractivity contribution in [2.75, 3.05) is 11.5 Å². The van der Waals surface area contributed by atoms with Crippen LogP contribution in [0.1, 0.15) is 47.0 Å². The van der Waals surface area contributed by atoms with E-state index in [2.05, 4.69) is 16.0 Å². The van der Waals surface area contributed by atoms with Crippen molar-refractivity contribution in [3.05, 3.63) is 12.2 Å². The Balaban J connectivity index is 2.47. The average Bonchev–Trinajstić information content (AvgIpc) is 2.72. The summed E-state index contributed by atoms with van der Waals surface area (Å²) in [7, 11) is 3.03. The van der Waals surface area contributed by atoms with Crippen molar-refractivity contribution >= 4 is 45.3 Å². The van der Waals surface area contributed by atoms with Crippen LogP contribution in [0, 0.1) is 11.8 Å². The molecule has 3 amide bonds. The summed E-state index contributed by atoms with van der Waals surface area (Å²) < 4.78 is 5.49. The van der Waals surface area contributed by atoms with Crippen molar-refractivity contribution < 1.29 is 29.0 Å². The van der Waals surface area contributed by atoms with Gasteiger partial charge in [-0.25, -0.2) is 0 Å². The minimum Gasteiger partial charge on any atom is -0.457 e. The minimum atomic E-state index is -1.18. The standard InChI is InChI=1S/C22H35N3O6S2/c1-12(2)19-16(26)10-18(28)31-14-7-5-6-8-32-33-11-15(21(29)25-19)23-22(30)20(13(3)4)24-17(27)9-14/h5,7,12-16,19-20,26H,6,8-11H2,1-4H3,(H,23,30)(H,24,27)(H,25,29)/b7-5+/t14-,15?,16+,19?,20-/m1/s1. The fourth-order valence-electron chi connectivity index (χ4n) is 3.57. The molecule has 1 fully saturated rings. The molecule has 0 spiro atoms. The molecular weight excluding hydrogens is 466 g/mol. The summed E-state index contributed by atoms with van der Waals surface area (Å²) >= 11 is 0. The van der Waals surface area contributed by atoms with Gasteiger partial charge in [0.25, 0.3) is 0 Å². The Morgan fingerprint density at radius 3 is 2.36 bits per heavy atom. The highest BCUT2D eigenvalue weighted by Gasteiger charge is 2.34. The quantitative estimate of drug-likeness (QED) is 0.252. The number of amides is 3. The van der Waals surface area contributed by atoms with Crippen molar-refractivity contribution in [1.82, 2.24) is 16.0 Å². The first kappa shape index (κ1) is 27.5. The monoisotopic (exact) mass is 501 g/mol. The van der Waals surface area contributed by atoms with Crippen molar-refractivity contribution in [1.29, 1.82) is 0 Å². The third-order valence-corrected chi connectivity index (χ3v) is 7.87. The second-order valence-corrected chi connectivity index (χ2v) is 11.6. The van der Waals surface area contributed by atoms with Gasteiger partial charge >= 0.3 is 5.97 Å². The molecule has 4 N–H and O–H groups in total. The van der Waals surface area contributed by atoms with Crippen LogP contribution >= 0.6 is 21.6 Å². The van der Waals surface area contributed by atoms with Crippen molar-refractivity contribution in [2.45, 2.75) is 77.3 Å². The summed E-state index contributed by atoms with van der Waals surface area (Å²) in [5.74, 6) is -1.35. The van der Waals surface area contributed by atoms with E-state index in [1.54, 1.807) is 30.7 Å². The lowest BCUT2D eigenvalue weighted by Crippen LogP contribution is -2.58. The molecule has 0 aliphatic carbocycles. The lowest BCUT2D eigenvalue weighted by molar-refractivity contribution is -0.151. The number of aliphatic hydroxyl groups excluding tert-OH is 1. The van der Waals surface area contributed by atoms with Crippen molar-refractivity contribution in [2.24, 2.45) is 11.8 Å². The van der Waals surface area contributed by atoms with Gasteiger partial charge in [0.1, 0.15) is 18.2 Å². The Morgan fingerprint density at radius 1 is 0.970 bits per heavy atom. The van der Waals surface area contributed by atoms with Gasteiger partial charge in [-0.05, 0) is 24.3 Å². The Kier molecular flexibility index (Phi) is 11.0. The van der Waals surface area contributed by atoms with E-state index >= 15 is 0 Å². The highest BCUT2D eigenvalue weighted by Crippen LogP contribution is 2.24. The molecule has 11 heteroatoms. The van der Waals surface area contributed by atoms with Crippen LogP contribution in [0.5, 0.6) is 0 Å².